The molecule has 1 aromatic carbocycles. The Morgan fingerprint density at radius 1 is 1.07 bits per heavy atom. The maximum Gasteiger partial charge on any atom is 0.181 e. The summed E-state index contributed by atoms with van der Waals surface area (Å²) in [6.45, 7) is 4.96. The first-order valence-electron chi connectivity index (χ1n) is 10.2. The van der Waals surface area contributed by atoms with E-state index in [-0.39, 0.29) is 0 Å². The Balaban J connectivity index is 1.64. The average Bonchev–Trinajstić information content (AvgIpc) is 3.07. The SMILES string of the molecule is CC(C)c1nc2c(OCc3ccccc3)cccn2c1NC1CCCCC1. The fourth-order valence-corrected chi connectivity index (χ4v) is 3.89. The van der Waals surface area contributed by atoms with Crippen LogP contribution in [0.15, 0.2) is 48.7 Å². The second kappa shape index (κ2) is 8.03. The Labute approximate surface area is 161 Å². The lowest BCUT2D eigenvalue weighted by atomic mass is 9.95. The number of nitrogens with zero attached hydrogens (tertiary/aromatic N) is 2. The molecule has 0 amide bonds. The van der Waals surface area contributed by atoms with Crippen LogP contribution in [0.4, 0.5) is 5.82 Å². The van der Waals surface area contributed by atoms with Crippen LogP contribution >= 0.6 is 0 Å². The van der Waals surface area contributed by atoms with E-state index in [4.69, 9.17) is 9.72 Å². The topological polar surface area (TPSA) is 38.6 Å². The van der Waals surface area contributed by atoms with Gasteiger partial charge in [-0.3, -0.25) is 4.40 Å². The van der Waals surface area contributed by atoms with E-state index in [9.17, 15) is 0 Å². The van der Waals surface area contributed by atoms with Gasteiger partial charge < -0.3 is 10.1 Å². The second-order valence-corrected chi connectivity index (χ2v) is 7.82. The molecule has 1 aliphatic carbocycles. The van der Waals surface area contributed by atoms with Crippen molar-refractivity contribution in [3.63, 3.8) is 0 Å². The molecule has 142 valence electrons. The molecule has 0 radical (unpaired) electrons. The summed E-state index contributed by atoms with van der Waals surface area (Å²) in [4.78, 5) is 4.97. The third-order valence-corrected chi connectivity index (χ3v) is 5.37. The molecule has 2 heterocycles. The van der Waals surface area contributed by atoms with Gasteiger partial charge in [0.1, 0.15) is 12.4 Å². The Hall–Kier alpha value is -2.49. The number of fused-ring (bicyclic) bond motifs is 1. The van der Waals surface area contributed by atoms with E-state index in [2.05, 4.69) is 41.9 Å². The molecule has 2 aromatic heterocycles. The second-order valence-electron chi connectivity index (χ2n) is 7.82. The van der Waals surface area contributed by atoms with E-state index in [1.165, 1.54) is 32.1 Å². The Bertz CT molecular complexity index is 879. The van der Waals surface area contributed by atoms with Crippen molar-refractivity contribution >= 4 is 11.5 Å². The van der Waals surface area contributed by atoms with Crippen molar-refractivity contribution in [1.29, 1.82) is 0 Å². The zero-order valence-electron chi connectivity index (χ0n) is 16.3. The summed E-state index contributed by atoms with van der Waals surface area (Å²) in [5.74, 6) is 2.33. The zero-order valence-corrected chi connectivity index (χ0v) is 16.3. The molecule has 0 bridgehead atoms. The maximum absolute atomic E-state index is 6.13. The van der Waals surface area contributed by atoms with Crippen LogP contribution in [0.2, 0.25) is 0 Å². The molecular weight excluding hydrogens is 334 g/mol. The van der Waals surface area contributed by atoms with Crippen LogP contribution in [-0.4, -0.2) is 15.4 Å². The van der Waals surface area contributed by atoms with Crippen molar-refractivity contribution in [2.75, 3.05) is 5.32 Å². The first kappa shape index (κ1) is 17.9. The highest BCUT2D eigenvalue weighted by molar-refractivity contribution is 5.63. The number of imidazole rings is 1. The van der Waals surface area contributed by atoms with E-state index in [0.717, 1.165) is 28.5 Å². The quantitative estimate of drug-likeness (QED) is 0.603. The highest BCUT2D eigenvalue weighted by Crippen LogP contribution is 2.32. The van der Waals surface area contributed by atoms with Crippen molar-refractivity contribution in [2.24, 2.45) is 0 Å². The summed E-state index contributed by atoms with van der Waals surface area (Å²) in [6.07, 6.45) is 8.58. The molecule has 1 fully saturated rings. The van der Waals surface area contributed by atoms with Gasteiger partial charge in [0.15, 0.2) is 11.4 Å². The Morgan fingerprint density at radius 2 is 1.85 bits per heavy atom. The molecule has 0 spiro atoms. The smallest absolute Gasteiger partial charge is 0.181 e. The molecule has 0 unspecified atom stereocenters. The van der Waals surface area contributed by atoms with Crippen LogP contribution in [0.3, 0.4) is 0 Å². The van der Waals surface area contributed by atoms with Gasteiger partial charge in [-0.25, -0.2) is 4.98 Å². The molecule has 0 aliphatic heterocycles. The van der Waals surface area contributed by atoms with Gasteiger partial charge in [0, 0.05) is 12.2 Å². The van der Waals surface area contributed by atoms with Crippen molar-refractivity contribution in [3.8, 4) is 5.75 Å². The highest BCUT2D eigenvalue weighted by atomic mass is 16.5. The fraction of sp³-hybridized carbons (Fsp3) is 0.435. The molecule has 1 N–H and O–H groups in total. The van der Waals surface area contributed by atoms with Gasteiger partial charge in [0.05, 0.1) is 5.69 Å². The molecule has 27 heavy (non-hydrogen) atoms. The van der Waals surface area contributed by atoms with Crippen LogP contribution in [0.5, 0.6) is 5.75 Å². The fourth-order valence-electron chi connectivity index (χ4n) is 3.89. The van der Waals surface area contributed by atoms with E-state index in [1.54, 1.807) is 0 Å². The maximum atomic E-state index is 6.13. The van der Waals surface area contributed by atoms with Crippen LogP contribution < -0.4 is 10.1 Å². The third-order valence-electron chi connectivity index (χ3n) is 5.37. The number of hydrogen-bond acceptors (Lipinski definition) is 3. The van der Waals surface area contributed by atoms with Gasteiger partial charge in [-0.15, -0.1) is 0 Å². The minimum Gasteiger partial charge on any atom is -0.485 e. The summed E-state index contributed by atoms with van der Waals surface area (Å²) in [7, 11) is 0. The van der Waals surface area contributed by atoms with Crippen LogP contribution in [0.1, 0.15) is 63.1 Å². The van der Waals surface area contributed by atoms with Crippen molar-refractivity contribution in [2.45, 2.75) is 64.5 Å². The summed E-state index contributed by atoms with van der Waals surface area (Å²) in [6, 6.07) is 14.9. The first-order chi connectivity index (χ1) is 13.2. The van der Waals surface area contributed by atoms with Gasteiger partial charge in [-0.2, -0.15) is 0 Å². The van der Waals surface area contributed by atoms with Crippen molar-refractivity contribution < 1.29 is 4.74 Å². The summed E-state index contributed by atoms with van der Waals surface area (Å²) in [5, 5.41) is 3.80. The minimum atomic E-state index is 0.359. The lowest BCUT2D eigenvalue weighted by Gasteiger charge is -2.24. The molecule has 3 aromatic rings. The number of aromatic nitrogens is 2. The summed E-state index contributed by atoms with van der Waals surface area (Å²) >= 11 is 0. The van der Waals surface area contributed by atoms with Crippen molar-refractivity contribution in [3.05, 3.63) is 59.9 Å². The molecule has 4 nitrogen and oxygen atoms in total. The van der Waals surface area contributed by atoms with E-state index in [0.29, 0.717) is 18.6 Å². The van der Waals surface area contributed by atoms with E-state index < -0.39 is 0 Å². The number of benzene rings is 1. The standard InChI is InChI=1S/C23H29N3O/c1-17(2)21-23(24-19-12-7-4-8-13-19)26-15-9-14-20(22(26)25-21)27-16-18-10-5-3-6-11-18/h3,5-6,9-11,14-15,17,19,24H,4,7-8,12-13,16H2,1-2H3. The van der Waals surface area contributed by atoms with Crippen molar-refractivity contribution in [1.82, 2.24) is 9.38 Å². The Kier molecular flexibility index (Phi) is 5.33. The molecule has 4 rings (SSSR count). The lowest BCUT2D eigenvalue weighted by molar-refractivity contribution is 0.308. The van der Waals surface area contributed by atoms with Gasteiger partial charge in [0.25, 0.3) is 0 Å². The predicted molar refractivity (Wildman–Crippen MR) is 111 cm³/mol. The number of anilines is 1. The zero-order chi connectivity index (χ0) is 18.6. The number of pyridine rings is 1. The number of rotatable bonds is 6. The first-order valence-corrected chi connectivity index (χ1v) is 10.2. The summed E-state index contributed by atoms with van der Waals surface area (Å²) < 4.78 is 8.30. The van der Waals surface area contributed by atoms with Gasteiger partial charge >= 0.3 is 0 Å². The highest BCUT2D eigenvalue weighted by Gasteiger charge is 2.21. The molecule has 4 heteroatoms. The van der Waals surface area contributed by atoms with Gasteiger partial charge in [-0.1, -0.05) is 63.4 Å². The van der Waals surface area contributed by atoms with Crippen LogP contribution in [-0.2, 0) is 6.61 Å². The minimum absolute atomic E-state index is 0.359. The van der Waals surface area contributed by atoms with Gasteiger partial charge in [0.2, 0.25) is 0 Å². The van der Waals surface area contributed by atoms with Crippen LogP contribution in [0.25, 0.3) is 5.65 Å². The number of ether oxygens (including phenoxy) is 1. The van der Waals surface area contributed by atoms with Gasteiger partial charge in [-0.05, 0) is 36.5 Å². The van der Waals surface area contributed by atoms with E-state index >= 15 is 0 Å². The molecule has 0 saturated heterocycles. The molecule has 0 atom stereocenters. The molecule has 1 saturated carbocycles. The molecule has 1 aliphatic rings. The predicted octanol–water partition coefficient (Wildman–Crippen LogP) is 5.78. The monoisotopic (exact) mass is 363 g/mol. The normalized spacial score (nSPS) is 15.4. The third kappa shape index (κ3) is 3.95. The average molecular weight is 364 g/mol. The Morgan fingerprint density at radius 3 is 2.59 bits per heavy atom. The lowest BCUT2D eigenvalue weighted by Crippen LogP contribution is -2.23. The number of nitrogens with one attached hydrogen (secondary N) is 1. The summed E-state index contributed by atoms with van der Waals surface area (Å²) in [5.41, 5.74) is 3.18. The largest absolute Gasteiger partial charge is 0.485 e. The van der Waals surface area contributed by atoms with E-state index in [1.807, 2.05) is 30.3 Å². The number of hydrogen-bond donors (Lipinski definition) is 1. The molecular formula is C23H29N3O. The van der Waals surface area contributed by atoms with Crippen LogP contribution in [0, 0.1) is 0 Å².